The van der Waals surface area contributed by atoms with E-state index in [1.54, 1.807) is 0 Å². The van der Waals surface area contributed by atoms with Gasteiger partial charge in [0.15, 0.2) is 0 Å². The molecule has 4 nitrogen and oxygen atoms in total. The Kier molecular flexibility index (Phi) is 5.18. The third kappa shape index (κ3) is 3.46. The minimum absolute atomic E-state index is 0.00825. The Morgan fingerprint density at radius 3 is 2.54 bits per heavy atom. The monoisotopic (exact) mass is 346 g/mol. The smallest absolute Gasteiger partial charge is 0.325 e. The number of aryl methyl sites for hydroxylation is 2. The van der Waals surface area contributed by atoms with E-state index >= 15 is 0 Å². The van der Waals surface area contributed by atoms with Gasteiger partial charge in [0.2, 0.25) is 0 Å². The van der Waals surface area contributed by atoms with E-state index in [0.717, 1.165) is 31.2 Å². The fourth-order valence-electron chi connectivity index (χ4n) is 3.61. The molecule has 2 aliphatic rings. The van der Waals surface area contributed by atoms with E-state index in [1.807, 2.05) is 6.92 Å². The maximum absolute atomic E-state index is 12.6. The summed E-state index contributed by atoms with van der Waals surface area (Å²) in [6.45, 7) is 6.14. The molecule has 1 aliphatic carbocycles. The van der Waals surface area contributed by atoms with Crippen LogP contribution in [-0.2, 0) is 0 Å². The molecule has 130 valence electrons. The van der Waals surface area contributed by atoms with Crippen LogP contribution in [0, 0.1) is 13.8 Å². The molecule has 1 N–H and O–H groups in total. The van der Waals surface area contributed by atoms with Gasteiger partial charge in [-0.15, -0.1) is 0 Å². The van der Waals surface area contributed by atoms with E-state index in [1.165, 1.54) is 34.2 Å². The first-order valence-electron chi connectivity index (χ1n) is 8.85. The fourth-order valence-corrected chi connectivity index (χ4v) is 4.79. The topological polar surface area (TPSA) is 49.4 Å². The summed E-state index contributed by atoms with van der Waals surface area (Å²) in [4.78, 5) is 26.5. The van der Waals surface area contributed by atoms with Crippen LogP contribution in [0.15, 0.2) is 18.2 Å². The van der Waals surface area contributed by atoms with Crippen molar-refractivity contribution in [1.29, 1.82) is 0 Å². The van der Waals surface area contributed by atoms with E-state index in [0.29, 0.717) is 0 Å². The van der Waals surface area contributed by atoms with Gasteiger partial charge in [0.1, 0.15) is 0 Å². The van der Waals surface area contributed by atoms with Crippen LogP contribution in [0.5, 0.6) is 0 Å². The van der Waals surface area contributed by atoms with Crippen LogP contribution in [0.3, 0.4) is 0 Å². The molecular formula is C19H26N2O2S. The third-order valence-corrected chi connectivity index (χ3v) is 6.60. The van der Waals surface area contributed by atoms with Crippen molar-refractivity contribution in [3.05, 3.63) is 34.9 Å². The van der Waals surface area contributed by atoms with E-state index in [2.05, 4.69) is 37.4 Å². The van der Waals surface area contributed by atoms with Crippen LogP contribution in [0.25, 0.3) is 0 Å². The number of carbonyl (C=O) groups excluding carboxylic acids is 2. The van der Waals surface area contributed by atoms with Crippen LogP contribution >= 0.6 is 11.8 Å². The summed E-state index contributed by atoms with van der Waals surface area (Å²) in [5.41, 5.74) is 3.59. The lowest BCUT2D eigenvalue weighted by Gasteiger charge is -2.27. The number of hydrogen-bond acceptors (Lipinski definition) is 3. The summed E-state index contributed by atoms with van der Waals surface area (Å²) in [5.74, 6) is 0. The molecule has 1 heterocycles. The molecule has 1 saturated heterocycles. The van der Waals surface area contributed by atoms with Crippen molar-refractivity contribution < 1.29 is 9.59 Å². The summed E-state index contributed by atoms with van der Waals surface area (Å²) in [6, 6.07) is 6.17. The third-order valence-electron chi connectivity index (χ3n) is 5.28. The highest BCUT2D eigenvalue weighted by Crippen LogP contribution is 2.43. The average molecular weight is 346 g/mol. The lowest BCUT2D eigenvalue weighted by molar-refractivity contribution is 0.184. The molecule has 0 aromatic heterocycles. The molecule has 1 aromatic carbocycles. The predicted molar refractivity (Wildman–Crippen MR) is 98.3 cm³/mol. The second-order valence-electron chi connectivity index (χ2n) is 7.04. The SMILES string of the molecule is Cc1ccc([C@@H]2SC(=O)N(C(=O)NC3CCCCC3)[C@H]2C)cc1C. The number of urea groups is 1. The van der Waals surface area contributed by atoms with Crippen molar-refractivity contribution in [3.8, 4) is 0 Å². The molecule has 1 saturated carbocycles. The lowest BCUT2D eigenvalue weighted by atomic mass is 9.95. The molecule has 1 aliphatic heterocycles. The number of rotatable bonds is 2. The van der Waals surface area contributed by atoms with Gasteiger partial charge in [-0.2, -0.15) is 0 Å². The van der Waals surface area contributed by atoms with Crippen molar-refractivity contribution in [2.24, 2.45) is 0 Å². The summed E-state index contributed by atoms with van der Waals surface area (Å²) in [5, 5.41) is 2.94. The number of nitrogens with zero attached hydrogens (tertiary/aromatic N) is 1. The first kappa shape index (κ1) is 17.3. The summed E-state index contributed by atoms with van der Waals surface area (Å²) in [6.07, 6.45) is 5.62. The Bertz CT molecular complexity index is 640. The normalized spacial score (nSPS) is 25.1. The van der Waals surface area contributed by atoms with Gasteiger partial charge in [0, 0.05) is 6.04 Å². The summed E-state index contributed by atoms with van der Waals surface area (Å²) >= 11 is 1.27. The number of benzene rings is 1. The van der Waals surface area contributed by atoms with Crippen LogP contribution in [-0.4, -0.2) is 28.3 Å². The van der Waals surface area contributed by atoms with Crippen molar-refractivity contribution in [2.75, 3.05) is 0 Å². The Balaban J connectivity index is 1.72. The number of thioether (sulfide) groups is 1. The van der Waals surface area contributed by atoms with E-state index in [9.17, 15) is 9.59 Å². The van der Waals surface area contributed by atoms with Gasteiger partial charge in [-0.3, -0.25) is 9.69 Å². The minimum Gasteiger partial charge on any atom is -0.335 e. The van der Waals surface area contributed by atoms with Crippen molar-refractivity contribution in [3.63, 3.8) is 0 Å². The molecule has 0 radical (unpaired) electrons. The van der Waals surface area contributed by atoms with Crippen molar-refractivity contribution in [1.82, 2.24) is 10.2 Å². The summed E-state index contributed by atoms with van der Waals surface area (Å²) < 4.78 is 0. The molecule has 0 bridgehead atoms. The first-order chi connectivity index (χ1) is 11.5. The zero-order chi connectivity index (χ0) is 17.3. The first-order valence-corrected chi connectivity index (χ1v) is 9.73. The van der Waals surface area contributed by atoms with E-state index < -0.39 is 0 Å². The number of nitrogens with one attached hydrogen (secondary N) is 1. The lowest BCUT2D eigenvalue weighted by Crippen LogP contribution is -2.48. The Morgan fingerprint density at radius 1 is 1.17 bits per heavy atom. The second-order valence-corrected chi connectivity index (χ2v) is 8.14. The number of hydrogen-bond donors (Lipinski definition) is 1. The van der Waals surface area contributed by atoms with Gasteiger partial charge >= 0.3 is 6.03 Å². The number of amides is 3. The van der Waals surface area contributed by atoms with Crippen molar-refractivity contribution >= 4 is 23.0 Å². The van der Waals surface area contributed by atoms with Crippen LogP contribution < -0.4 is 5.32 Å². The van der Waals surface area contributed by atoms with Gasteiger partial charge < -0.3 is 5.32 Å². The average Bonchev–Trinajstić information content (AvgIpc) is 2.86. The zero-order valence-corrected chi connectivity index (χ0v) is 15.5. The molecule has 0 unspecified atom stereocenters. The standard InChI is InChI=1S/C19H26N2O2S/c1-12-9-10-15(11-13(12)2)17-14(3)21(19(23)24-17)18(22)20-16-7-5-4-6-8-16/h9-11,14,16-17H,4-8H2,1-3H3,(H,20,22)/t14-,17+/m0/s1. The van der Waals surface area contributed by atoms with Crippen LogP contribution in [0.1, 0.15) is 61.0 Å². The van der Waals surface area contributed by atoms with Gasteiger partial charge in [0.25, 0.3) is 5.24 Å². The molecule has 24 heavy (non-hydrogen) atoms. The van der Waals surface area contributed by atoms with Gasteiger partial charge in [-0.05, 0) is 50.3 Å². The molecule has 3 rings (SSSR count). The Morgan fingerprint density at radius 2 is 1.88 bits per heavy atom. The van der Waals surface area contributed by atoms with E-state index in [4.69, 9.17) is 0 Å². The predicted octanol–water partition coefficient (Wildman–Crippen LogP) is 4.94. The highest BCUT2D eigenvalue weighted by Gasteiger charge is 2.42. The molecule has 5 heteroatoms. The summed E-state index contributed by atoms with van der Waals surface area (Å²) in [7, 11) is 0. The maximum atomic E-state index is 12.6. The molecule has 2 fully saturated rings. The second kappa shape index (κ2) is 7.18. The molecule has 3 amide bonds. The zero-order valence-electron chi connectivity index (χ0n) is 14.7. The highest BCUT2D eigenvalue weighted by atomic mass is 32.2. The fraction of sp³-hybridized carbons (Fsp3) is 0.579. The molecule has 1 aromatic rings. The minimum atomic E-state index is -0.224. The quantitative estimate of drug-likeness (QED) is 0.825. The number of carbonyl (C=O) groups is 2. The largest absolute Gasteiger partial charge is 0.335 e. The van der Waals surface area contributed by atoms with Gasteiger partial charge in [-0.1, -0.05) is 49.2 Å². The Hall–Kier alpha value is -1.49. The van der Waals surface area contributed by atoms with Gasteiger partial charge in [0.05, 0.1) is 11.3 Å². The highest BCUT2D eigenvalue weighted by molar-refractivity contribution is 8.14. The van der Waals surface area contributed by atoms with Crippen LogP contribution in [0.4, 0.5) is 9.59 Å². The number of imide groups is 1. The van der Waals surface area contributed by atoms with Gasteiger partial charge in [-0.25, -0.2) is 4.79 Å². The Labute approximate surface area is 148 Å². The van der Waals surface area contributed by atoms with Crippen molar-refractivity contribution in [2.45, 2.75) is 70.2 Å². The maximum Gasteiger partial charge on any atom is 0.325 e. The molecule has 2 atom stereocenters. The molecule has 0 spiro atoms. The van der Waals surface area contributed by atoms with Crippen LogP contribution in [0.2, 0.25) is 0 Å². The van der Waals surface area contributed by atoms with E-state index in [-0.39, 0.29) is 28.6 Å². The molecular weight excluding hydrogens is 320 g/mol.